The number of nitrogens with one attached hydrogen (secondary N) is 1. The smallest absolute Gasteiger partial charge is 0.417 e. The second kappa shape index (κ2) is 8.71. The maximum atomic E-state index is 12.6. The lowest BCUT2D eigenvalue weighted by atomic mass is 9.94. The highest BCUT2D eigenvalue weighted by molar-refractivity contribution is 7.88. The SMILES string of the molecule is Cc1cccc(CS(=O)(=O)NC2CCC(Oc3ccc(C(F)(F)F)cn3)CC2)c1. The molecule has 1 aliphatic carbocycles. The van der Waals surface area contributed by atoms with Crippen LogP contribution in [0.3, 0.4) is 0 Å². The molecule has 1 aromatic heterocycles. The lowest BCUT2D eigenvalue weighted by molar-refractivity contribution is -0.137. The van der Waals surface area contributed by atoms with Crippen molar-refractivity contribution in [2.24, 2.45) is 0 Å². The van der Waals surface area contributed by atoms with E-state index in [4.69, 9.17) is 4.74 Å². The van der Waals surface area contributed by atoms with Crippen molar-refractivity contribution in [1.29, 1.82) is 0 Å². The average molecular weight is 428 g/mol. The van der Waals surface area contributed by atoms with Gasteiger partial charge in [-0.05, 0) is 44.2 Å². The van der Waals surface area contributed by atoms with Gasteiger partial charge in [-0.3, -0.25) is 0 Å². The van der Waals surface area contributed by atoms with Gasteiger partial charge in [0.15, 0.2) is 0 Å². The summed E-state index contributed by atoms with van der Waals surface area (Å²) in [5.41, 5.74) is 0.923. The number of nitrogens with zero attached hydrogens (tertiary/aromatic N) is 1. The third-order valence-electron chi connectivity index (χ3n) is 4.81. The van der Waals surface area contributed by atoms with Crippen LogP contribution in [0.15, 0.2) is 42.6 Å². The van der Waals surface area contributed by atoms with E-state index < -0.39 is 21.8 Å². The molecular formula is C20H23F3N2O3S. The van der Waals surface area contributed by atoms with Crippen LogP contribution in [-0.4, -0.2) is 25.5 Å². The molecule has 1 fully saturated rings. The van der Waals surface area contributed by atoms with Gasteiger partial charge >= 0.3 is 6.18 Å². The standard InChI is InChI=1S/C20H23F3N2O3S/c1-14-3-2-4-15(11-14)13-29(26,27)25-17-6-8-18(9-7-17)28-19-10-5-16(12-24-19)20(21,22)23/h2-5,10-12,17-18,25H,6-9,13H2,1H3. The fraction of sp³-hybridized carbons (Fsp3) is 0.450. The van der Waals surface area contributed by atoms with Crippen molar-refractivity contribution in [3.63, 3.8) is 0 Å². The van der Waals surface area contributed by atoms with Crippen LogP contribution < -0.4 is 9.46 Å². The number of halogens is 3. The van der Waals surface area contributed by atoms with E-state index in [1.807, 2.05) is 25.1 Å². The summed E-state index contributed by atoms with van der Waals surface area (Å²) in [6.07, 6.45) is -1.49. The van der Waals surface area contributed by atoms with Gasteiger partial charge in [-0.2, -0.15) is 13.2 Å². The zero-order valence-electron chi connectivity index (χ0n) is 15.9. The van der Waals surface area contributed by atoms with Gasteiger partial charge in [-0.25, -0.2) is 18.1 Å². The summed E-state index contributed by atoms with van der Waals surface area (Å²) in [4.78, 5) is 3.72. The Labute approximate surface area is 168 Å². The van der Waals surface area contributed by atoms with Crippen LogP contribution in [0, 0.1) is 6.92 Å². The van der Waals surface area contributed by atoms with E-state index in [9.17, 15) is 21.6 Å². The molecule has 1 heterocycles. The van der Waals surface area contributed by atoms with Crippen LogP contribution in [0.5, 0.6) is 5.88 Å². The fourth-order valence-electron chi connectivity index (χ4n) is 3.40. The lowest BCUT2D eigenvalue weighted by Crippen LogP contribution is -2.40. The molecule has 9 heteroatoms. The van der Waals surface area contributed by atoms with Crippen LogP contribution in [0.4, 0.5) is 13.2 Å². The number of rotatable bonds is 6. The van der Waals surface area contributed by atoms with E-state index in [2.05, 4.69) is 9.71 Å². The molecule has 5 nitrogen and oxygen atoms in total. The van der Waals surface area contributed by atoms with Crippen molar-refractivity contribution in [3.05, 3.63) is 59.3 Å². The fourth-order valence-corrected chi connectivity index (χ4v) is 4.85. The Bertz CT molecular complexity index is 923. The Morgan fingerprint density at radius 3 is 2.45 bits per heavy atom. The summed E-state index contributed by atoms with van der Waals surface area (Å²) in [6.45, 7) is 1.91. The Kier molecular flexibility index (Phi) is 6.48. The first-order valence-corrected chi connectivity index (χ1v) is 11.0. The maximum Gasteiger partial charge on any atom is 0.417 e. The van der Waals surface area contributed by atoms with Gasteiger partial charge in [0.25, 0.3) is 0 Å². The zero-order valence-corrected chi connectivity index (χ0v) is 16.8. The van der Waals surface area contributed by atoms with Gasteiger partial charge in [0, 0.05) is 18.3 Å². The molecule has 0 saturated heterocycles. The molecule has 0 unspecified atom stereocenters. The predicted molar refractivity (Wildman–Crippen MR) is 103 cm³/mol. The number of aryl methyl sites for hydroxylation is 1. The summed E-state index contributed by atoms with van der Waals surface area (Å²) in [5, 5.41) is 0. The third kappa shape index (κ3) is 6.43. The van der Waals surface area contributed by atoms with E-state index >= 15 is 0 Å². The minimum absolute atomic E-state index is 0.0689. The quantitative estimate of drug-likeness (QED) is 0.748. The van der Waals surface area contributed by atoms with Crippen molar-refractivity contribution >= 4 is 10.0 Å². The highest BCUT2D eigenvalue weighted by Crippen LogP contribution is 2.30. The first-order valence-electron chi connectivity index (χ1n) is 9.36. The number of hydrogen-bond acceptors (Lipinski definition) is 4. The van der Waals surface area contributed by atoms with Gasteiger partial charge in [-0.15, -0.1) is 0 Å². The molecule has 3 rings (SSSR count). The lowest BCUT2D eigenvalue weighted by Gasteiger charge is -2.29. The second-order valence-electron chi connectivity index (χ2n) is 7.34. The second-order valence-corrected chi connectivity index (χ2v) is 9.09. The zero-order chi connectivity index (χ0) is 21.1. The molecule has 2 aromatic rings. The summed E-state index contributed by atoms with van der Waals surface area (Å²) < 4.78 is 71.0. The molecule has 29 heavy (non-hydrogen) atoms. The number of alkyl halides is 3. The van der Waals surface area contributed by atoms with Crippen LogP contribution >= 0.6 is 0 Å². The van der Waals surface area contributed by atoms with Crippen LogP contribution in [-0.2, 0) is 22.0 Å². The molecule has 1 N–H and O–H groups in total. The molecule has 0 aliphatic heterocycles. The van der Waals surface area contributed by atoms with Gasteiger partial charge in [0.05, 0.1) is 11.3 Å². The number of hydrogen-bond donors (Lipinski definition) is 1. The van der Waals surface area contributed by atoms with E-state index in [0.29, 0.717) is 25.7 Å². The molecule has 158 valence electrons. The highest BCUT2D eigenvalue weighted by atomic mass is 32.2. The number of ether oxygens (including phenoxy) is 1. The molecule has 1 saturated carbocycles. The molecular weight excluding hydrogens is 405 g/mol. The topological polar surface area (TPSA) is 68.3 Å². The monoisotopic (exact) mass is 428 g/mol. The minimum atomic E-state index is -4.43. The number of benzene rings is 1. The molecule has 0 atom stereocenters. The molecule has 0 spiro atoms. The first kappa shape index (κ1) is 21.6. The summed E-state index contributed by atoms with van der Waals surface area (Å²) in [6, 6.07) is 9.35. The minimum Gasteiger partial charge on any atom is -0.474 e. The van der Waals surface area contributed by atoms with Crippen LogP contribution in [0.25, 0.3) is 0 Å². The highest BCUT2D eigenvalue weighted by Gasteiger charge is 2.31. The van der Waals surface area contributed by atoms with Gasteiger partial charge in [0.2, 0.25) is 15.9 Å². The number of pyridine rings is 1. The van der Waals surface area contributed by atoms with E-state index in [1.165, 1.54) is 6.07 Å². The molecule has 0 amide bonds. The Morgan fingerprint density at radius 1 is 1.14 bits per heavy atom. The first-order chi connectivity index (χ1) is 13.6. The summed E-state index contributed by atoms with van der Waals surface area (Å²) >= 11 is 0. The van der Waals surface area contributed by atoms with Crippen LogP contribution in [0.1, 0.15) is 42.4 Å². The molecule has 0 radical (unpaired) electrons. The van der Waals surface area contributed by atoms with E-state index in [1.54, 1.807) is 6.07 Å². The molecule has 1 aromatic carbocycles. The van der Waals surface area contributed by atoms with Crippen molar-refractivity contribution in [1.82, 2.24) is 9.71 Å². The van der Waals surface area contributed by atoms with Crippen molar-refractivity contribution < 1.29 is 26.3 Å². The van der Waals surface area contributed by atoms with Crippen LogP contribution in [0.2, 0.25) is 0 Å². The third-order valence-corrected chi connectivity index (χ3v) is 6.22. The average Bonchev–Trinajstić information content (AvgIpc) is 2.62. The van der Waals surface area contributed by atoms with Gasteiger partial charge in [-0.1, -0.05) is 29.8 Å². The van der Waals surface area contributed by atoms with Gasteiger partial charge < -0.3 is 4.74 Å². The molecule has 0 bridgehead atoms. The van der Waals surface area contributed by atoms with Gasteiger partial charge in [0.1, 0.15) is 6.10 Å². The summed E-state index contributed by atoms with van der Waals surface area (Å²) in [7, 11) is -3.46. The van der Waals surface area contributed by atoms with Crippen molar-refractivity contribution in [2.75, 3.05) is 0 Å². The van der Waals surface area contributed by atoms with Crippen molar-refractivity contribution in [3.8, 4) is 5.88 Å². The molecule has 1 aliphatic rings. The Morgan fingerprint density at radius 2 is 1.86 bits per heavy atom. The van der Waals surface area contributed by atoms with E-state index in [-0.39, 0.29) is 23.8 Å². The Balaban J connectivity index is 1.49. The van der Waals surface area contributed by atoms with E-state index in [0.717, 1.165) is 23.4 Å². The summed E-state index contributed by atoms with van der Waals surface area (Å²) in [5.74, 6) is 0.0714. The predicted octanol–water partition coefficient (Wildman–Crippen LogP) is 4.22. The number of sulfonamides is 1. The largest absolute Gasteiger partial charge is 0.474 e. The maximum absolute atomic E-state index is 12.6. The van der Waals surface area contributed by atoms with Crippen molar-refractivity contribution in [2.45, 2.75) is 56.7 Å². The normalized spacial score (nSPS) is 20.4. The Hall–Kier alpha value is -2.13. The number of aromatic nitrogens is 1.